The molecule has 3 aromatic carbocycles. The lowest BCUT2D eigenvalue weighted by atomic mass is 10.2. The highest BCUT2D eigenvalue weighted by molar-refractivity contribution is 5.92. The molecule has 0 fully saturated rings. The van der Waals surface area contributed by atoms with Gasteiger partial charge >= 0.3 is 30.0 Å². The number of hydrogen-bond acceptors (Lipinski definition) is 11. The lowest BCUT2D eigenvalue weighted by Gasteiger charge is -2.19. The number of halogens is 5. The molecule has 270 valence electrons. The second-order valence-electron chi connectivity index (χ2n) is 10.4. The number of nitrogens with two attached hydrogens (primary N) is 2. The lowest BCUT2D eigenvalue weighted by molar-refractivity contribution is -0.284. The molecule has 0 bridgehead atoms. The van der Waals surface area contributed by atoms with Crippen LogP contribution in [0.15, 0.2) is 72.8 Å². The minimum atomic E-state index is -5.61. The van der Waals surface area contributed by atoms with E-state index in [1.807, 2.05) is 0 Å². The highest BCUT2D eigenvalue weighted by atomic mass is 19.4. The van der Waals surface area contributed by atoms with E-state index in [9.17, 15) is 36.3 Å². The van der Waals surface area contributed by atoms with Crippen molar-refractivity contribution in [1.82, 2.24) is 0 Å². The lowest BCUT2D eigenvalue weighted by Crippen LogP contribution is -2.36. The van der Waals surface area contributed by atoms with Gasteiger partial charge in [0.1, 0.15) is 24.7 Å². The fourth-order valence-corrected chi connectivity index (χ4v) is 3.93. The zero-order valence-electron chi connectivity index (χ0n) is 26.6. The van der Waals surface area contributed by atoms with Crippen LogP contribution in [0.2, 0.25) is 0 Å². The molecule has 50 heavy (non-hydrogen) atoms. The van der Waals surface area contributed by atoms with Gasteiger partial charge in [0, 0.05) is 23.9 Å². The van der Waals surface area contributed by atoms with Crippen molar-refractivity contribution in [1.29, 1.82) is 0 Å². The van der Waals surface area contributed by atoms with Crippen LogP contribution in [0.3, 0.4) is 0 Å². The van der Waals surface area contributed by atoms with Crippen LogP contribution in [0.1, 0.15) is 39.1 Å². The van der Waals surface area contributed by atoms with Crippen molar-refractivity contribution >= 4 is 35.4 Å². The standard InChI is InChI=1S/C34H35F5N2O9/c35-33(36,34(37,38)39)12-1-13-47-28-9-5-24(6-10-28)32(44)50-29-7-2-23(3-8-29)4-11-30(42)48-18-16-45-14-15-46-17-19-49-31(43)25-20-26(40)22-27(41)21-25/h2-11,20-22H,1,12-19,40-41H2. The molecule has 0 aliphatic heterocycles. The van der Waals surface area contributed by atoms with E-state index in [1.165, 1.54) is 66.7 Å². The summed E-state index contributed by atoms with van der Waals surface area (Å²) >= 11 is 0. The van der Waals surface area contributed by atoms with Gasteiger partial charge in [-0.3, -0.25) is 0 Å². The minimum absolute atomic E-state index is 0.00694. The van der Waals surface area contributed by atoms with Gasteiger partial charge in [-0.2, -0.15) is 22.0 Å². The molecule has 0 aliphatic rings. The molecule has 0 aliphatic carbocycles. The van der Waals surface area contributed by atoms with E-state index in [0.717, 1.165) is 0 Å². The molecule has 0 amide bonds. The molecule has 3 aromatic rings. The van der Waals surface area contributed by atoms with E-state index in [4.69, 9.17) is 39.9 Å². The number of esters is 3. The molecule has 16 heteroatoms. The monoisotopic (exact) mass is 710 g/mol. The maximum Gasteiger partial charge on any atom is 0.453 e. The summed E-state index contributed by atoms with van der Waals surface area (Å²) in [5.41, 5.74) is 13.0. The van der Waals surface area contributed by atoms with Gasteiger partial charge in [-0.25, -0.2) is 14.4 Å². The molecule has 0 saturated heterocycles. The van der Waals surface area contributed by atoms with Crippen LogP contribution in [0.4, 0.5) is 33.3 Å². The van der Waals surface area contributed by atoms with Gasteiger partial charge in [0.05, 0.1) is 44.2 Å². The SMILES string of the molecule is Nc1cc(N)cc(C(=O)OCCOCCOCCOC(=O)C=Cc2ccc(OC(=O)c3ccc(OCCCC(F)(F)C(F)(F)F)cc3)cc2)c1. The summed E-state index contributed by atoms with van der Waals surface area (Å²) in [4.78, 5) is 36.4. The number of carbonyl (C=O) groups is 3. The van der Waals surface area contributed by atoms with Crippen molar-refractivity contribution in [3.8, 4) is 11.5 Å². The molecule has 0 saturated carbocycles. The van der Waals surface area contributed by atoms with Gasteiger partial charge < -0.3 is 39.9 Å². The Kier molecular flexibility index (Phi) is 15.0. The first-order valence-electron chi connectivity index (χ1n) is 15.1. The Labute approximate surface area is 283 Å². The number of alkyl halides is 5. The van der Waals surface area contributed by atoms with Gasteiger partial charge in [-0.15, -0.1) is 0 Å². The molecule has 0 heterocycles. The third-order valence-electron chi connectivity index (χ3n) is 6.43. The van der Waals surface area contributed by atoms with Crippen LogP contribution in [-0.4, -0.2) is 76.3 Å². The molecule has 0 unspecified atom stereocenters. The van der Waals surface area contributed by atoms with Gasteiger partial charge in [0.2, 0.25) is 0 Å². The van der Waals surface area contributed by atoms with Gasteiger partial charge in [0.15, 0.2) is 0 Å². The average Bonchev–Trinajstić information content (AvgIpc) is 3.06. The smallest absolute Gasteiger partial charge is 0.453 e. The summed E-state index contributed by atoms with van der Waals surface area (Å²) in [6.07, 6.45) is -4.82. The number of ether oxygens (including phenoxy) is 6. The zero-order valence-corrected chi connectivity index (χ0v) is 26.6. The van der Waals surface area contributed by atoms with Gasteiger partial charge in [-0.05, 0) is 72.7 Å². The van der Waals surface area contributed by atoms with Crippen molar-refractivity contribution in [2.75, 3.05) is 57.7 Å². The zero-order chi connectivity index (χ0) is 36.6. The second kappa shape index (κ2) is 19.1. The van der Waals surface area contributed by atoms with Gasteiger partial charge in [0.25, 0.3) is 0 Å². The van der Waals surface area contributed by atoms with Crippen LogP contribution in [0.5, 0.6) is 11.5 Å². The van der Waals surface area contributed by atoms with E-state index in [0.29, 0.717) is 16.9 Å². The molecule has 0 radical (unpaired) electrons. The van der Waals surface area contributed by atoms with E-state index in [2.05, 4.69) is 0 Å². The first-order chi connectivity index (χ1) is 23.7. The van der Waals surface area contributed by atoms with E-state index >= 15 is 0 Å². The summed E-state index contributed by atoms with van der Waals surface area (Å²) in [5.74, 6) is -6.27. The average molecular weight is 711 g/mol. The Balaban J connectivity index is 1.25. The Morgan fingerprint density at radius 2 is 1.20 bits per heavy atom. The molecule has 0 aromatic heterocycles. The number of nitrogen functional groups attached to an aromatic ring is 2. The summed E-state index contributed by atoms with van der Waals surface area (Å²) in [5, 5.41) is 0. The first kappa shape index (κ1) is 39.2. The summed E-state index contributed by atoms with van der Waals surface area (Å²) < 4.78 is 93.8. The number of carbonyl (C=O) groups excluding carboxylic acids is 3. The van der Waals surface area contributed by atoms with Crippen molar-refractivity contribution < 1.29 is 64.8 Å². The van der Waals surface area contributed by atoms with Crippen LogP contribution < -0.4 is 20.9 Å². The maximum atomic E-state index is 13.0. The topological polar surface area (TPSA) is 159 Å². The highest BCUT2D eigenvalue weighted by Crippen LogP contribution is 2.38. The van der Waals surface area contributed by atoms with Crippen molar-refractivity contribution in [3.05, 3.63) is 89.5 Å². The molecule has 0 atom stereocenters. The highest BCUT2D eigenvalue weighted by Gasteiger charge is 2.56. The van der Waals surface area contributed by atoms with Crippen molar-refractivity contribution in [2.45, 2.75) is 24.9 Å². The van der Waals surface area contributed by atoms with E-state index in [-0.39, 0.29) is 68.9 Å². The molecule has 0 spiro atoms. The fraction of sp³-hybridized carbons (Fsp3) is 0.324. The predicted octanol–water partition coefficient (Wildman–Crippen LogP) is 5.87. The van der Waals surface area contributed by atoms with Crippen LogP contribution in [0, 0.1) is 0 Å². The third kappa shape index (κ3) is 13.7. The molecule has 3 rings (SSSR count). The quantitative estimate of drug-likeness (QED) is 0.0383. The Morgan fingerprint density at radius 3 is 1.80 bits per heavy atom. The van der Waals surface area contributed by atoms with Crippen LogP contribution in [0.25, 0.3) is 6.08 Å². The third-order valence-corrected chi connectivity index (χ3v) is 6.43. The number of hydrogen-bond donors (Lipinski definition) is 2. The van der Waals surface area contributed by atoms with E-state index in [1.54, 1.807) is 12.1 Å². The van der Waals surface area contributed by atoms with Crippen molar-refractivity contribution in [2.24, 2.45) is 0 Å². The first-order valence-corrected chi connectivity index (χ1v) is 15.1. The number of anilines is 2. The molecule has 4 N–H and O–H groups in total. The normalized spacial score (nSPS) is 11.7. The summed E-state index contributed by atoms with van der Waals surface area (Å²) in [6.45, 7) is 0.415. The molecular formula is C34H35F5N2O9. The largest absolute Gasteiger partial charge is 0.494 e. The van der Waals surface area contributed by atoms with Crippen LogP contribution >= 0.6 is 0 Å². The predicted molar refractivity (Wildman–Crippen MR) is 171 cm³/mol. The Bertz CT molecular complexity index is 1560. The minimum Gasteiger partial charge on any atom is -0.494 e. The fourth-order valence-electron chi connectivity index (χ4n) is 3.93. The summed E-state index contributed by atoms with van der Waals surface area (Å²) in [6, 6.07) is 16.1. The van der Waals surface area contributed by atoms with Crippen LogP contribution in [-0.2, 0) is 23.7 Å². The van der Waals surface area contributed by atoms with Gasteiger partial charge in [-0.1, -0.05) is 12.1 Å². The molecule has 11 nitrogen and oxygen atoms in total. The second-order valence-corrected chi connectivity index (χ2v) is 10.4. The maximum absolute atomic E-state index is 13.0. The summed E-state index contributed by atoms with van der Waals surface area (Å²) in [7, 11) is 0. The number of rotatable bonds is 19. The van der Waals surface area contributed by atoms with Crippen molar-refractivity contribution in [3.63, 3.8) is 0 Å². The number of benzene rings is 3. The Morgan fingerprint density at radius 1 is 0.640 bits per heavy atom. The molecular weight excluding hydrogens is 675 g/mol. The van der Waals surface area contributed by atoms with E-state index < -0.39 is 42.8 Å². The Hall–Kier alpha value is -5.22.